The van der Waals surface area contributed by atoms with Crippen LogP contribution in [0.1, 0.15) is 65.7 Å². The first kappa shape index (κ1) is 32.5. The summed E-state index contributed by atoms with van der Waals surface area (Å²) >= 11 is 0. The number of piperidine rings is 2. The number of carboxylic acids is 1. The summed E-state index contributed by atoms with van der Waals surface area (Å²) in [4.78, 5) is 75.1. The molecule has 2 atom stereocenters. The maximum absolute atomic E-state index is 12.8. The number of likely N-dealkylation sites (tertiary alicyclic amines) is 1. The Balaban J connectivity index is 1.38. The molecule has 2 heterocycles. The number of aliphatic carboxylic acids is 1. The Labute approximate surface area is 245 Å². The van der Waals surface area contributed by atoms with Gasteiger partial charge in [0.1, 0.15) is 6.04 Å². The number of ether oxygens (including phenoxy) is 1. The van der Waals surface area contributed by atoms with Crippen molar-refractivity contribution in [2.45, 2.75) is 51.0 Å². The summed E-state index contributed by atoms with van der Waals surface area (Å²) in [5.74, 6) is -3.11. The number of amides is 4. The molecule has 2 aliphatic heterocycles. The lowest BCUT2D eigenvalue weighted by molar-refractivity contribution is -0.142. The number of rotatable bonds is 13. The number of nitrogens with one attached hydrogen (secondary N) is 4. The fraction of sp³-hybridized carbons (Fsp3) is 0.586. The van der Waals surface area contributed by atoms with E-state index in [1.54, 1.807) is 4.90 Å². The van der Waals surface area contributed by atoms with Gasteiger partial charge in [-0.25, -0.2) is 9.59 Å². The van der Waals surface area contributed by atoms with Crippen LogP contribution in [-0.4, -0.2) is 98.0 Å². The minimum atomic E-state index is -1.35. The minimum Gasteiger partial charge on any atom is -0.480 e. The average Bonchev–Trinajstić information content (AvgIpc) is 3.01. The molecule has 13 nitrogen and oxygen atoms in total. The monoisotopic (exact) mass is 587 g/mol. The van der Waals surface area contributed by atoms with Crippen LogP contribution in [0.4, 0.5) is 0 Å². The van der Waals surface area contributed by atoms with Crippen LogP contribution in [0.25, 0.3) is 0 Å². The lowest BCUT2D eigenvalue weighted by Crippen LogP contribution is -2.51. The molecular formula is C29H41N5O8. The zero-order valence-corrected chi connectivity index (χ0v) is 24.0. The molecular weight excluding hydrogens is 546 g/mol. The standard InChI is InChI=1S/C29H41N5O8/c1-42-29(41)21-7-5-20(6-8-21)26(37)31-15-12-24(35)33-23(28(39)40)17-32-27(38)22-3-2-16-34(18-22)25(36)9-4-19-10-13-30-14-11-19/h5-8,19,22-23,30H,2-4,9-18H2,1H3,(H,31,37)(H,32,38)(H,33,35)(H,39,40)/t22-,23-/m1/s1. The second-order valence-corrected chi connectivity index (χ2v) is 10.7. The van der Waals surface area contributed by atoms with Gasteiger partial charge in [0.15, 0.2) is 0 Å². The lowest BCUT2D eigenvalue weighted by atomic mass is 9.92. The molecule has 0 aliphatic carbocycles. The van der Waals surface area contributed by atoms with Crippen molar-refractivity contribution in [3.05, 3.63) is 35.4 Å². The summed E-state index contributed by atoms with van der Waals surface area (Å²) in [6, 6.07) is 4.43. The van der Waals surface area contributed by atoms with Gasteiger partial charge in [0, 0.05) is 44.6 Å². The molecule has 230 valence electrons. The molecule has 2 fully saturated rings. The maximum Gasteiger partial charge on any atom is 0.337 e. The fourth-order valence-electron chi connectivity index (χ4n) is 5.15. The molecule has 42 heavy (non-hydrogen) atoms. The SMILES string of the molecule is COC(=O)c1ccc(C(=O)NCCC(=O)N[C@H](CNC(=O)[C@@H]2CCCN(C(=O)CCC3CCNCC3)C2)C(=O)O)cc1. The molecule has 4 amide bonds. The van der Waals surface area contributed by atoms with E-state index in [1.807, 2.05) is 0 Å². The quantitative estimate of drug-likeness (QED) is 0.203. The van der Waals surface area contributed by atoms with Crippen molar-refractivity contribution in [3.8, 4) is 0 Å². The van der Waals surface area contributed by atoms with Crippen molar-refractivity contribution in [3.63, 3.8) is 0 Å². The lowest BCUT2D eigenvalue weighted by Gasteiger charge is -2.33. The first-order chi connectivity index (χ1) is 20.2. The zero-order valence-electron chi connectivity index (χ0n) is 24.0. The van der Waals surface area contributed by atoms with E-state index >= 15 is 0 Å². The molecule has 2 aliphatic rings. The Hall–Kier alpha value is -4.00. The third-order valence-electron chi connectivity index (χ3n) is 7.69. The largest absolute Gasteiger partial charge is 0.480 e. The fourth-order valence-corrected chi connectivity index (χ4v) is 5.15. The number of hydrogen-bond acceptors (Lipinski definition) is 8. The minimum absolute atomic E-state index is 0.0482. The van der Waals surface area contributed by atoms with Crippen LogP contribution in [-0.2, 0) is 23.9 Å². The number of benzene rings is 1. The number of carboxylic acid groups (broad SMARTS) is 1. The highest BCUT2D eigenvalue weighted by atomic mass is 16.5. The summed E-state index contributed by atoms with van der Waals surface area (Å²) in [7, 11) is 1.25. The van der Waals surface area contributed by atoms with Gasteiger partial charge in [0.2, 0.25) is 17.7 Å². The third kappa shape index (κ3) is 10.1. The highest BCUT2D eigenvalue weighted by molar-refractivity contribution is 5.96. The summed E-state index contributed by atoms with van der Waals surface area (Å²) in [6.07, 6.45) is 4.57. The van der Waals surface area contributed by atoms with Crippen LogP contribution in [0.15, 0.2) is 24.3 Å². The average molecular weight is 588 g/mol. The number of nitrogens with zero attached hydrogens (tertiary/aromatic N) is 1. The first-order valence-electron chi connectivity index (χ1n) is 14.4. The van der Waals surface area contributed by atoms with E-state index < -0.39 is 35.7 Å². The van der Waals surface area contributed by atoms with Crippen LogP contribution >= 0.6 is 0 Å². The van der Waals surface area contributed by atoms with Crippen LogP contribution in [0.3, 0.4) is 0 Å². The van der Waals surface area contributed by atoms with E-state index in [0.29, 0.717) is 38.3 Å². The van der Waals surface area contributed by atoms with Crippen molar-refractivity contribution in [2.24, 2.45) is 11.8 Å². The van der Waals surface area contributed by atoms with E-state index in [1.165, 1.54) is 31.4 Å². The van der Waals surface area contributed by atoms with Gasteiger partial charge in [0.25, 0.3) is 5.91 Å². The Kier molecular flexibility index (Phi) is 12.7. The van der Waals surface area contributed by atoms with Crippen LogP contribution in [0, 0.1) is 11.8 Å². The topological polar surface area (TPSA) is 183 Å². The van der Waals surface area contributed by atoms with E-state index in [0.717, 1.165) is 32.4 Å². The van der Waals surface area contributed by atoms with Crippen molar-refractivity contribution < 1.29 is 38.6 Å². The van der Waals surface area contributed by atoms with E-state index in [2.05, 4.69) is 26.0 Å². The molecule has 2 saturated heterocycles. The van der Waals surface area contributed by atoms with Crippen molar-refractivity contribution in [1.29, 1.82) is 0 Å². The predicted octanol–water partition coefficient (Wildman–Crippen LogP) is 0.297. The molecule has 5 N–H and O–H groups in total. The molecule has 0 spiro atoms. The van der Waals surface area contributed by atoms with Gasteiger partial charge in [0.05, 0.1) is 18.6 Å². The smallest absolute Gasteiger partial charge is 0.337 e. The van der Waals surface area contributed by atoms with E-state index in [4.69, 9.17) is 0 Å². The maximum atomic E-state index is 12.8. The molecule has 3 rings (SSSR count). The highest BCUT2D eigenvalue weighted by Gasteiger charge is 2.30. The number of hydrogen-bond donors (Lipinski definition) is 5. The second-order valence-electron chi connectivity index (χ2n) is 10.7. The zero-order chi connectivity index (χ0) is 30.5. The molecule has 1 aromatic rings. The Bertz CT molecular complexity index is 1120. The Morgan fingerprint density at radius 1 is 1.00 bits per heavy atom. The van der Waals surface area contributed by atoms with E-state index in [9.17, 15) is 33.9 Å². The summed E-state index contributed by atoms with van der Waals surface area (Å²) in [6.45, 7) is 2.51. The van der Waals surface area contributed by atoms with Gasteiger partial charge < -0.3 is 36.0 Å². The Morgan fingerprint density at radius 3 is 2.36 bits per heavy atom. The second kappa shape index (κ2) is 16.4. The number of methoxy groups -OCH3 is 1. The predicted molar refractivity (Wildman–Crippen MR) is 151 cm³/mol. The molecule has 13 heteroatoms. The molecule has 0 unspecified atom stereocenters. The van der Waals surface area contributed by atoms with E-state index in [-0.39, 0.29) is 42.5 Å². The van der Waals surface area contributed by atoms with Crippen LogP contribution in [0.2, 0.25) is 0 Å². The van der Waals surface area contributed by atoms with Gasteiger partial charge >= 0.3 is 11.9 Å². The van der Waals surface area contributed by atoms with Crippen molar-refractivity contribution in [2.75, 3.05) is 46.4 Å². The van der Waals surface area contributed by atoms with Gasteiger partial charge in [-0.2, -0.15) is 0 Å². The molecule has 0 radical (unpaired) electrons. The first-order valence-corrected chi connectivity index (χ1v) is 14.4. The summed E-state index contributed by atoms with van der Waals surface area (Å²) < 4.78 is 4.61. The summed E-state index contributed by atoms with van der Waals surface area (Å²) in [5, 5.41) is 20.4. The molecule has 0 saturated carbocycles. The Morgan fingerprint density at radius 2 is 1.69 bits per heavy atom. The van der Waals surface area contributed by atoms with Gasteiger partial charge in [-0.15, -0.1) is 0 Å². The number of esters is 1. The normalized spacial score (nSPS) is 17.9. The third-order valence-corrected chi connectivity index (χ3v) is 7.69. The molecule has 0 bridgehead atoms. The number of carbonyl (C=O) groups is 6. The van der Waals surface area contributed by atoms with Crippen LogP contribution < -0.4 is 21.3 Å². The van der Waals surface area contributed by atoms with Crippen LogP contribution in [0.5, 0.6) is 0 Å². The number of carbonyl (C=O) groups excluding carboxylic acids is 5. The highest BCUT2D eigenvalue weighted by Crippen LogP contribution is 2.21. The van der Waals surface area contributed by atoms with Gasteiger partial charge in [-0.1, -0.05) is 0 Å². The molecule has 0 aromatic heterocycles. The van der Waals surface area contributed by atoms with Gasteiger partial charge in [-0.05, 0) is 75.4 Å². The van der Waals surface area contributed by atoms with Crippen molar-refractivity contribution >= 4 is 35.6 Å². The molecule has 1 aromatic carbocycles. The van der Waals surface area contributed by atoms with Gasteiger partial charge in [-0.3, -0.25) is 19.2 Å². The summed E-state index contributed by atoms with van der Waals surface area (Å²) in [5.41, 5.74) is 0.566. The van der Waals surface area contributed by atoms with Crippen molar-refractivity contribution in [1.82, 2.24) is 26.2 Å².